The molecular weight excluding hydrogens is 272 g/mol. The quantitative estimate of drug-likeness (QED) is 0.848. The molecule has 0 N–H and O–H groups in total. The SMILES string of the molecule is Cc1cccc(S(=O)(=O)N(C)CCc2ccccn2)c1. The first-order chi connectivity index (χ1) is 9.50. The van der Waals surface area contributed by atoms with Gasteiger partial charge in [-0.15, -0.1) is 0 Å². The topological polar surface area (TPSA) is 50.3 Å². The molecule has 5 heteroatoms. The van der Waals surface area contributed by atoms with E-state index < -0.39 is 10.0 Å². The number of pyridine rings is 1. The highest BCUT2D eigenvalue weighted by Crippen LogP contribution is 2.15. The number of aromatic nitrogens is 1. The second kappa shape index (κ2) is 6.15. The monoisotopic (exact) mass is 290 g/mol. The van der Waals surface area contributed by atoms with Gasteiger partial charge < -0.3 is 0 Å². The highest BCUT2D eigenvalue weighted by Gasteiger charge is 2.20. The average molecular weight is 290 g/mol. The molecule has 0 aliphatic carbocycles. The molecule has 1 aromatic heterocycles. The van der Waals surface area contributed by atoms with Crippen LogP contribution in [-0.4, -0.2) is 31.3 Å². The van der Waals surface area contributed by atoms with Crippen molar-refractivity contribution in [2.24, 2.45) is 0 Å². The first-order valence-corrected chi connectivity index (χ1v) is 7.87. The number of rotatable bonds is 5. The van der Waals surface area contributed by atoms with Gasteiger partial charge in [-0.05, 0) is 36.8 Å². The zero-order chi connectivity index (χ0) is 14.6. The average Bonchev–Trinajstić information content (AvgIpc) is 2.45. The van der Waals surface area contributed by atoms with Gasteiger partial charge in [-0.1, -0.05) is 18.2 Å². The molecule has 1 heterocycles. The summed E-state index contributed by atoms with van der Waals surface area (Å²) in [6, 6.07) is 12.6. The smallest absolute Gasteiger partial charge is 0.242 e. The predicted octanol–water partition coefficient (Wildman–Crippen LogP) is 2.25. The molecule has 0 saturated carbocycles. The molecule has 0 saturated heterocycles. The van der Waals surface area contributed by atoms with Crippen molar-refractivity contribution in [3.05, 3.63) is 59.9 Å². The molecule has 20 heavy (non-hydrogen) atoms. The van der Waals surface area contributed by atoms with E-state index in [2.05, 4.69) is 4.98 Å². The zero-order valence-electron chi connectivity index (χ0n) is 11.7. The Morgan fingerprint density at radius 2 is 1.95 bits per heavy atom. The van der Waals surface area contributed by atoms with E-state index in [1.807, 2.05) is 31.2 Å². The van der Waals surface area contributed by atoms with Crippen LogP contribution in [0.3, 0.4) is 0 Å². The van der Waals surface area contributed by atoms with Crippen molar-refractivity contribution in [1.29, 1.82) is 0 Å². The maximum Gasteiger partial charge on any atom is 0.242 e. The van der Waals surface area contributed by atoms with Crippen molar-refractivity contribution in [1.82, 2.24) is 9.29 Å². The van der Waals surface area contributed by atoms with Gasteiger partial charge >= 0.3 is 0 Å². The van der Waals surface area contributed by atoms with Crippen LogP contribution < -0.4 is 0 Å². The van der Waals surface area contributed by atoms with Crippen LogP contribution in [-0.2, 0) is 16.4 Å². The van der Waals surface area contributed by atoms with Gasteiger partial charge in [-0.3, -0.25) is 4.98 Å². The first kappa shape index (κ1) is 14.7. The summed E-state index contributed by atoms with van der Waals surface area (Å²) in [7, 11) is -1.83. The predicted molar refractivity (Wildman–Crippen MR) is 78.9 cm³/mol. The lowest BCUT2D eigenvalue weighted by Gasteiger charge is -2.17. The van der Waals surface area contributed by atoms with E-state index in [0.717, 1.165) is 11.3 Å². The second-order valence-corrected chi connectivity index (χ2v) is 6.76. The molecule has 4 nitrogen and oxygen atoms in total. The third-order valence-electron chi connectivity index (χ3n) is 3.11. The van der Waals surface area contributed by atoms with Gasteiger partial charge in [0.2, 0.25) is 10.0 Å². The van der Waals surface area contributed by atoms with Gasteiger partial charge in [0, 0.05) is 31.9 Å². The minimum absolute atomic E-state index is 0.334. The Hall–Kier alpha value is -1.72. The van der Waals surface area contributed by atoms with Crippen LogP contribution in [0.2, 0.25) is 0 Å². The molecule has 1 aromatic carbocycles. The first-order valence-electron chi connectivity index (χ1n) is 6.43. The van der Waals surface area contributed by atoms with Gasteiger partial charge in [0.05, 0.1) is 4.90 Å². The highest BCUT2D eigenvalue weighted by molar-refractivity contribution is 7.89. The van der Waals surface area contributed by atoms with Crippen molar-refractivity contribution in [2.75, 3.05) is 13.6 Å². The Bertz CT molecular complexity index is 669. The maximum atomic E-state index is 12.4. The standard InChI is InChI=1S/C15H18N2O2S/c1-13-6-5-8-15(12-13)20(18,19)17(2)11-9-14-7-3-4-10-16-14/h3-8,10,12H,9,11H2,1-2H3. The molecule has 0 unspecified atom stereocenters. The summed E-state index contributed by atoms with van der Waals surface area (Å²) in [5, 5.41) is 0. The van der Waals surface area contributed by atoms with Gasteiger partial charge in [0.15, 0.2) is 0 Å². The van der Waals surface area contributed by atoms with Crippen molar-refractivity contribution in [2.45, 2.75) is 18.2 Å². The molecule has 0 spiro atoms. The number of likely N-dealkylation sites (N-methyl/N-ethyl adjacent to an activating group) is 1. The lowest BCUT2D eigenvalue weighted by molar-refractivity contribution is 0.471. The van der Waals surface area contributed by atoms with Crippen molar-refractivity contribution in [3.8, 4) is 0 Å². The van der Waals surface area contributed by atoms with Gasteiger partial charge in [0.25, 0.3) is 0 Å². The summed E-state index contributed by atoms with van der Waals surface area (Å²) in [5.41, 5.74) is 1.82. The lowest BCUT2D eigenvalue weighted by Crippen LogP contribution is -2.29. The molecule has 2 aromatic rings. The van der Waals surface area contributed by atoms with E-state index in [-0.39, 0.29) is 0 Å². The molecule has 0 amide bonds. The van der Waals surface area contributed by atoms with E-state index >= 15 is 0 Å². The second-order valence-electron chi connectivity index (χ2n) is 4.71. The summed E-state index contributed by atoms with van der Waals surface area (Å²) in [6.07, 6.45) is 2.31. The van der Waals surface area contributed by atoms with Gasteiger partial charge in [0.1, 0.15) is 0 Å². The van der Waals surface area contributed by atoms with Crippen LogP contribution in [0.5, 0.6) is 0 Å². The lowest BCUT2D eigenvalue weighted by atomic mass is 10.2. The number of aryl methyl sites for hydroxylation is 1. The minimum atomic E-state index is -3.43. The van der Waals surface area contributed by atoms with E-state index in [0.29, 0.717) is 17.9 Å². The molecule has 0 aliphatic rings. The number of sulfonamides is 1. The molecule has 106 valence electrons. The van der Waals surface area contributed by atoms with Crippen molar-refractivity contribution in [3.63, 3.8) is 0 Å². The van der Waals surface area contributed by atoms with Gasteiger partial charge in [-0.2, -0.15) is 0 Å². The maximum absolute atomic E-state index is 12.4. The summed E-state index contributed by atoms with van der Waals surface area (Å²) >= 11 is 0. The zero-order valence-corrected chi connectivity index (χ0v) is 12.5. The number of hydrogen-bond donors (Lipinski definition) is 0. The Balaban J connectivity index is 2.10. The summed E-state index contributed by atoms with van der Waals surface area (Å²) < 4.78 is 26.2. The summed E-state index contributed by atoms with van der Waals surface area (Å²) in [5.74, 6) is 0. The minimum Gasteiger partial charge on any atom is -0.261 e. The van der Waals surface area contributed by atoms with Crippen molar-refractivity contribution < 1.29 is 8.42 Å². The van der Waals surface area contributed by atoms with Crippen LogP contribution in [0.15, 0.2) is 53.6 Å². The molecule has 0 fully saturated rings. The normalized spacial score (nSPS) is 11.8. The Morgan fingerprint density at radius 1 is 1.15 bits per heavy atom. The van der Waals surface area contributed by atoms with Crippen LogP contribution >= 0.6 is 0 Å². The fraction of sp³-hybridized carbons (Fsp3) is 0.267. The van der Waals surface area contributed by atoms with Crippen LogP contribution in [0.1, 0.15) is 11.3 Å². The van der Waals surface area contributed by atoms with Gasteiger partial charge in [-0.25, -0.2) is 12.7 Å². The van der Waals surface area contributed by atoms with E-state index in [1.54, 1.807) is 31.4 Å². The van der Waals surface area contributed by atoms with E-state index in [1.165, 1.54) is 4.31 Å². The largest absolute Gasteiger partial charge is 0.261 e. The highest BCUT2D eigenvalue weighted by atomic mass is 32.2. The Kier molecular flexibility index (Phi) is 4.52. The van der Waals surface area contributed by atoms with Crippen LogP contribution in [0.4, 0.5) is 0 Å². The molecule has 0 atom stereocenters. The summed E-state index contributed by atoms with van der Waals surface area (Å²) in [4.78, 5) is 4.53. The third-order valence-corrected chi connectivity index (χ3v) is 4.96. The molecule has 0 radical (unpaired) electrons. The fourth-order valence-corrected chi connectivity index (χ4v) is 3.17. The fourth-order valence-electron chi connectivity index (χ4n) is 1.89. The Labute approximate surface area is 120 Å². The number of benzene rings is 1. The Morgan fingerprint density at radius 3 is 2.60 bits per heavy atom. The molecule has 2 rings (SSSR count). The summed E-state index contributed by atoms with van der Waals surface area (Å²) in [6.45, 7) is 2.29. The molecular formula is C15H18N2O2S. The van der Waals surface area contributed by atoms with Crippen LogP contribution in [0.25, 0.3) is 0 Å². The third kappa shape index (κ3) is 3.43. The molecule has 0 aliphatic heterocycles. The van der Waals surface area contributed by atoms with E-state index in [9.17, 15) is 8.42 Å². The van der Waals surface area contributed by atoms with Crippen molar-refractivity contribution >= 4 is 10.0 Å². The number of nitrogens with zero attached hydrogens (tertiary/aromatic N) is 2. The van der Waals surface area contributed by atoms with E-state index in [4.69, 9.17) is 0 Å². The number of hydrogen-bond acceptors (Lipinski definition) is 3. The van der Waals surface area contributed by atoms with Crippen LogP contribution in [0, 0.1) is 6.92 Å². The molecule has 0 bridgehead atoms.